The summed E-state index contributed by atoms with van der Waals surface area (Å²) in [5.74, 6) is 0.652. The highest BCUT2D eigenvalue weighted by Crippen LogP contribution is 2.31. The molecule has 4 aromatic heterocycles. The second-order valence-corrected chi connectivity index (χ2v) is 7.44. The molecule has 0 spiro atoms. The van der Waals surface area contributed by atoms with Gasteiger partial charge in [0.25, 0.3) is 5.56 Å². The van der Waals surface area contributed by atoms with Gasteiger partial charge in [0.05, 0.1) is 17.8 Å². The van der Waals surface area contributed by atoms with Crippen LogP contribution >= 0.6 is 11.3 Å². The molecule has 5 heterocycles. The molecule has 1 fully saturated rings. The van der Waals surface area contributed by atoms with E-state index < -0.39 is 0 Å². The number of aromatic nitrogens is 5. The van der Waals surface area contributed by atoms with Crippen molar-refractivity contribution in [3.05, 3.63) is 58.3 Å². The molecule has 0 aromatic carbocycles. The van der Waals surface area contributed by atoms with E-state index in [1.54, 1.807) is 11.0 Å². The minimum atomic E-state index is -0.182. The van der Waals surface area contributed by atoms with Crippen molar-refractivity contribution in [3.8, 4) is 0 Å². The van der Waals surface area contributed by atoms with E-state index in [9.17, 15) is 9.59 Å². The van der Waals surface area contributed by atoms with Crippen molar-refractivity contribution in [2.75, 3.05) is 6.54 Å². The Balaban J connectivity index is 1.45. The summed E-state index contributed by atoms with van der Waals surface area (Å²) >= 11 is 1.42. The smallest absolute Gasteiger partial charge is 0.262 e. The lowest BCUT2D eigenvalue weighted by molar-refractivity contribution is -0.133. The number of hydrogen-bond donors (Lipinski definition) is 0. The molecule has 0 radical (unpaired) electrons. The number of carbonyl (C=O) groups is 1. The number of rotatable bonds is 3. The summed E-state index contributed by atoms with van der Waals surface area (Å²) in [6.45, 7) is 0.624. The van der Waals surface area contributed by atoms with Gasteiger partial charge in [0.1, 0.15) is 11.4 Å². The van der Waals surface area contributed by atoms with E-state index in [4.69, 9.17) is 0 Å². The molecule has 0 bridgehead atoms. The van der Waals surface area contributed by atoms with Crippen LogP contribution in [0.2, 0.25) is 0 Å². The summed E-state index contributed by atoms with van der Waals surface area (Å²) in [4.78, 5) is 32.3. The summed E-state index contributed by atoms with van der Waals surface area (Å²) in [5.41, 5.74) is 0.577. The molecule has 136 valence electrons. The Morgan fingerprint density at radius 2 is 2.19 bits per heavy atom. The first-order valence-corrected chi connectivity index (χ1v) is 9.62. The van der Waals surface area contributed by atoms with E-state index in [1.807, 2.05) is 34.2 Å². The lowest BCUT2D eigenvalue weighted by Gasteiger charge is -2.23. The fourth-order valence-corrected chi connectivity index (χ4v) is 4.39. The highest BCUT2D eigenvalue weighted by Gasteiger charge is 2.33. The van der Waals surface area contributed by atoms with Crippen LogP contribution in [0.25, 0.3) is 15.9 Å². The maximum absolute atomic E-state index is 13.0. The number of carbonyl (C=O) groups excluding carboxylic acids is 1. The Morgan fingerprint density at radius 1 is 1.26 bits per heavy atom. The lowest BCUT2D eigenvalue weighted by Crippen LogP contribution is -2.36. The Labute approximate surface area is 157 Å². The number of thiophene rings is 1. The molecule has 4 aromatic rings. The monoisotopic (exact) mass is 380 g/mol. The molecule has 1 atom stereocenters. The third-order valence-corrected chi connectivity index (χ3v) is 5.79. The van der Waals surface area contributed by atoms with Crippen LogP contribution in [0.3, 0.4) is 0 Å². The number of fused-ring (bicyclic) bond motifs is 2. The number of pyridine rings is 1. The van der Waals surface area contributed by atoms with Crippen LogP contribution in [0.4, 0.5) is 0 Å². The summed E-state index contributed by atoms with van der Waals surface area (Å²) < 4.78 is 3.30. The Hall–Kier alpha value is -3.07. The molecule has 0 N–H and O–H groups in total. The van der Waals surface area contributed by atoms with Crippen molar-refractivity contribution in [3.63, 3.8) is 0 Å². The zero-order valence-corrected chi connectivity index (χ0v) is 15.2. The Kier molecular flexibility index (Phi) is 3.75. The molecule has 1 saturated heterocycles. The summed E-state index contributed by atoms with van der Waals surface area (Å²) in [6, 6.07) is 7.33. The Morgan fingerprint density at radius 3 is 3.11 bits per heavy atom. The van der Waals surface area contributed by atoms with Gasteiger partial charge in [0, 0.05) is 12.7 Å². The van der Waals surface area contributed by atoms with Gasteiger partial charge in [0.15, 0.2) is 11.5 Å². The first-order chi connectivity index (χ1) is 13.2. The van der Waals surface area contributed by atoms with Crippen LogP contribution in [-0.2, 0) is 11.3 Å². The zero-order valence-electron chi connectivity index (χ0n) is 14.4. The van der Waals surface area contributed by atoms with Crippen molar-refractivity contribution in [2.45, 2.75) is 25.4 Å². The zero-order chi connectivity index (χ0) is 18.4. The van der Waals surface area contributed by atoms with Crippen LogP contribution in [0, 0.1) is 0 Å². The first kappa shape index (κ1) is 16.1. The largest absolute Gasteiger partial charge is 0.331 e. The van der Waals surface area contributed by atoms with E-state index in [0.717, 1.165) is 24.3 Å². The minimum Gasteiger partial charge on any atom is -0.331 e. The maximum Gasteiger partial charge on any atom is 0.262 e. The van der Waals surface area contributed by atoms with Crippen molar-refractivity contribution in [1.82, 2.24) is 29.0 Å². The van der Waals surface area contributed by atoms with E-state index in [2.05, 4.69) is 15.2 Å². The molecule has 0 unspecified atom stereocenters. The molecule has 0 aliphatic carbocycles. The van der Waals surface area contributed by atoms with Crippen molar-refractivity contribution in [1.29, 1.82) is 0 Å². The topological polar surface area (TPSA) is 85.4 Å². The summed E-state index contributed by atoms with van der Waals surface area (Å²) in [6.07, 6.45) is 5.09. The summed E-state index contributed by atoms with van der Waals surface area (Å²) in [5, 5.41) is 10.9. The van der Waals surface area contributed by atoms with Crippen LogP contribution in [0.15, 0.2) is 47.0 Å². The van der Waals surface area contributed by atoms with E-state index in [-0.39, 0.29) is 24.1 Å². The van der Waals surface area contributed by atoms with E-state index in [0.29, 0.717) is 16.8 Å². The summed E-state index contributed by atoms with van der Waals surface area (Å²) in [7, 11) is 0. The molecule has 5 rings (SSSR count). The molecule has 9 heteroatoms. The third-order valence-electron chi connectivity index (χ3n) is 4.97. The van der Waals surface area contributed by atoms with Crippen molar-refractivity contribution < 1.29 is 4.79 Å². The standard InChI is InChI=1S/C18H16N6O2S/c25-15(10-22-11-19-17-12(18(22)26)6-9-27-17)23-8-3-4-13(23)16-21-20-14-5-1-2-7-24(14)16/h1-2,5-7,9,11,13H,3-4,8,10H2/t13-/m0/s1. The van der Waals surface area contributed by atoms with E-state index in [1.165, 1.54) is 22.2 Å². The van der Waals surface area contributed by atoms with E-state index >= 15 is 0 Å². The number of nitrogens with zero attached hydrogens (tertiary/aromatic N) is 6. The van der Waals surface area contributed by atoms with Crippen molar-refractivity contribution in [2.24, 2.45) is 0 Å². The highest BCUT2D eigenvalue weighted by atomic mass is 32.1. The maximum atomic E-state index is 13.0. The number of amides is 1. The fourth-order valence-electron chi connectivity index (χ4n) is 3.66. The van der Waals surface area contributed by atoms with Gasteiger partial charge in [-0.2, -0.15) is 0 Å². The second kappa shape index (κ2) is 6.27. The number of likely N-dealkylation sites (tertiary alicyclic amines) is 1. The predicted octanol–water partition coefficient (Wildman–Crippen LogP) is 1.86. The van der Waals surface area contributed by atoms with Crippen molar-refractivity contribution >= 4 is 33.1 Å². The Bertz CT molecular complexity index is 1210. The van der Waals surface area contributed by atoms with Gasteiger partial charge < -0.3 is 4.90 Å². The second-order valence-electron chi connectivity index (χ2n) is 6.55. The molecule has 0 saturated carbocycles. The normalized spacial score (nSPS) is 17.2. The predicted molar refractivity (Wildman–Crippen MR) is 101 cm³/mol. The third kappa shape index (κ3) is 2.62. The molecular weight excluding hydrogens is 364 g/mol. The number of hydrogen-bond acceptors (Lipinski definition) is 6. The van der Waals surface area contributed by atoms with Gasteiger partial charge in [-0.25, -0.2) is 4.98 Å². The van der Waals surface area contributed by atoms with Gasteiger partial charge in [-0.3, -0.25) is 18.6 Å². The van der Waals surface area contributed by atoms with Crippen LogP contribution in [-0.4, -0.2) is 41.5 Å². The van der Waals surface area contributed by atoms with Gasteiger partial charge in [0.2, 0.25) is 5.91 Å². The van der Waals surface area contributed by atoms with Gasteiger partial charge in [-0.1, -0.05) is 6.07 Å². The molecule has 8 nitrogen and oxygen atoms in total. The molecule has 27 heavy (non-hydrogen) atoms. The molecule has 1 aliphatic heterocycles. The minimum absolute atomic E-state index is 0.0230. The molecule has 1 aliphatic rings. The van der Waals surface area contributed by atoms with Gasteiger partial charge in [-0.05, 0) is 36.4 Å². The van der Waals surface area contributed by atoms with Crippen LogP contribution < -0.4 is 5.56 Å². The SMILES string of the molecule is O=C(Cn1cnc2sccc2c1=O)N1CCC[C@H]1c1nnc2ccccn12. The average Bonchev–Trinajstić information content (AvgIpc) is 3.42. The van der Waals surface area contributed by atoms with Gasteiger partial charge >= 0.3 is 0 Å². The van der Waals surface area contributed by atoms with Gasteiger partial charge in [-0.15, -0.1) is 21.5 Å². The quantitative estimate of drug-likeness (QED) is 0.542. The molecular formula is C18H16N6O2S. The fraction of sp³-hybridized carbons (Fsp3) is 0.278. The molecule has 1 amide bonds. The van der Waals surface area contributed by atoms with Crippen LogP contribution in [0.1, 0.15) is 24.7 Å². The van der Waals surface area contributed by atoms with Crippen LogP contribution in [0.5, 0.6) is 0 Å². The first-order valence-electron chi connectivity index (χ1n) is 8.74. The lowest BCUT2D eigenvalue weighted by atomic mass is 10.2. The highest BCUT2D eigenvalue weighted by molar-refractivity contribution is 7.16. The average molecular weight is 380 g/mol.